The van der Waals surface area contributed by atoms with E-state index < -0.39 is 8.32 Å². The standard InChI is InChI=1S/C8H16O2Si/c1-7(9-3)8(2)10-11(4,5)6/h1-2H2,3-6H3. The van der Waals surface area contributed by atoms with E-state index in [0.717, 1.165) is 0 Å². The summed E-state index contributed by atoms with van der Waals surface area (Å²) in [6.07, 6.45) is 0. The molecule has 0 aromatic carbocycles. The third kappa shape index (κ3) is 4.67. The van der Waals surface area contributed by atoms with Crippen molar-refractivity contribution in [2.45, 2.75) is 19.6 Å². The Hall–Kier alpha value is -0.703. The van der Waals surface area contributed by atoms with Crippen molar-refractivity contribution >= 4 is 8.32 Å². The van der Waals surface area contributed by atoms with Crippen LogP contribution in [0, 0.1) is 0 Å². The maximum atomic E-state index is 5.51. The molecule has 0 aliphatic heterocycles. The zero-order chi connectivity index (χ0) is 9.07. The van der Waals surface area contributed by atoms with Crippen molar-refractivity contribution in [3.8, 4) is 0 Å². The molecule has 0 saturated heterocycles. The molecule has 0 aromatic heterocycles. The summed E-state index contributed by atoms with van der Waals surface area (Å²) in [5.41, 5.74) is 0. The van der Waals surface area contributed by atoms with Crippen molar-refractivity contribution in [1.82, 2.24) is 0 Å². The third-order valence-corrected chi connectivity index (χ3v) is 1.85. The minimum absolute atomic E-state index is 0.507. The maximum absolute atomic E-state index is 5.51. The Balaban J connectivity index is 3.99. The van der Waals surface area contributed by atoms with Gasteiger partial charge < -0.3 is 9.16 Å². The molecule has 0 unspecified atom stereocenters. The van der Waals surface area contributed by atoms with Crippen LogP contribution in [0.15, 0.2) is 24.7 Å². The second kappa shape index (κ2) is 3.62. The monoisotopic (exact) mass is 172 g/mol. The highest BCUT2D eigenvalue weighted by molar-refractivity contribution is 6.70. The first-order chi connectivity index (χ1) is 4.87. The molecule has 2 nitrogen and oxygen atoms in total. The topological polar surface area (TPSA) is 18.5 Å². The number of rotatable bonds is 4. The van der Waals surface area contributed by atoms with Gasteiger partial charge >= 0.3 is 0 Å². The van der Waals surface area contributed by atoms with Crippen LogP contribution in [0.3, 0.4) is 0 Å². The Morgan fingerprint density at radius 2 is 1.55 bits per heavy atom. The average molecular weight is 172 g/mol. The molecule has 0 atom stereocenters. The van der Waals surface area contributed by atoms with E-state index in [1.165, 1.54) is 0 Å². The first-order valence-electron chi connectivity index (χ1n) is 3.48. The van der Waals surface area contributed by atoms with Gasteiger partial charge in [0, 0.05) is 0 Å². The van der Waals surface area contributed by atoms with E-state index in [9.17, 15) is 0 Å². The summed E-state index contributed by atoms with van der Waals surface area (Å²) < 4.78 is 10.4. The van der Waals surface area contributed by atoms with Crippen LogP contribution in [-0.4, -0.2) is 15.4 Å². The molecule has 0 bridgehead atoms. The van der Waals surface area contributed by atoms with Gasteiger partial charge in [-0.05, 0) is 19.6 Å². The SMILES string of the molecule is C=C(OC)C(=C)O[Si](C)(C)C. The Kier molecular flexibility index (Phi) is 3.39. The van der Waals surface area contributed by atoms with Crippen LogP contribution in [0.1, 0.15) is 0 Å². The van der Waals surface area contributed by atoms with Crippen molar-refractivity contribution in [1.29, 1.82) is 0 Å². The van der Waals surface area contributed by atoms with Gasteiger partial charge in [0.2, 0.25) is 8.32 Å². The van der Waals surface area contributed by atoms with Crippen LogP contribution < -0.4 is 0 Å². The summed E-state index contributed by atoms with van der Waals surface area (Å²) in [6, 6.07) is 0. The zero-order valence-corrected chi connectivity index (χ0v) is 8.73. The highest BCUT2D eigenvalue weighted by Crippen LogP contribution is 2.14. The molecule has 64 valence electrons. The van der Waals surface area contributed by atoms with Gasteiger partial charge in [0.05, 0.1) is 7.11 Å². The fraction of sp³-hybridized carbons (Fsp3) is 0.500. The molecule has 0 aliphatic carbocycles. The van der Waals surface area contributed by atoms with E-state index in [2.05, 4.69) is 32.8 Å². The Bertz CT molecular complexity index is 167. The average Bonchev–Trinajstić information content (AvgIpc) is 1.82. The smallest absolute Gasteiger partial charge is 0.242 e. The highest BCUT2D eigenvalue weighted by atomic mass is 28.4. The minimum Gasteiger partial charge on any atom is -0.542 e. The maximum Gasteiger partial charge on any atom is 0.242 e. The normalized spacial score (nSPS) is 10.5. The van der Waals surface area contributed by atoms with E-state index in [-0.39, 0.29) is 0 Å². The second-order valence-corrected chi connectivity index (χ2v) is 7.69. The summed E-state index contributed by atoms with van der Waals surface area (Å²) in [6.45, 7) is 13.6. The van der Waals surface area contributed by atoms with Gasteiger partial charge in [0.1, 0.15) is 5.76 Å². The lowest BCUT2D eigenvalue weighted by atomic mass is 10.5. The fourth-order valence-electron chi connectivity index (χ4n) is 0.540. The van der Waals surface area contributed by atoms with E-state index in [1.54, 1.807) is 7.11 Å². The van der Waals surface area contributed by atoms with Crippen LogP contribution >= 0.6 is 0 Å². The lowest BCUT2D eigenvalue weighted by Gasteiger charge is -2.21. The van der Waals surface area contributed by atoms with Crippen molar-refractivity contribution in [3.63, 3.8) is 0 Å². The lowest BCUT2D eigenvalue weighted by Crippen LogP contribution is -2.25. The first kappa shape index (κ1) is 10.3. The van der Waals surface area contributed by atoms with E-state index in [1.807, 2.05) is 0 Å². The molecule has 0 N–H and O–H groups in total. The molecule has 0 rings (SSSR count). The Labute approximate surface area is 69.6 Å². The number of hydrogen-bond acceptors (Lipinski definition) is 2. The van der Waals surface area contributed by atoms with Crippen LogP contribution in [0.2, 0.25) is 19.6 Å². The molecule has 11 heavy (non-hydrogen) atoms. The summed E-state index contributed by atoms with van der Waals surface area (Å²) in [5, 5.41) is 0. The molecule has 3 heteroatoms. The second-order valence-electron chi connectivity index (χ2n) is 3.26. The van der Waals surface area contributed by atoms with Gasteiger partial charge in [-0.15, -0.1) is 0 Å². The quantitative estimate of drug-likeness (QED) is 0.368. The molecular weight excluding hydrogens is 156 g/mol. The summed E-state index contributed by atoms with van der Waals surface area (Å²) in [5.74, 6) is 1.05. The molecular formula is C8H16O2Si. The lowest BCUT2D eigenvalue weighted by molar-refractivity contribution is 0.263. The van der Waals surface area contributed by atoms with Crippen LogP contribution in [0.4, 0.5) is 0 Å². The molecule has 0 aliphatic rings. The van der Waals surface area contributed by atoms with E-state index >= 15 is 0 Å². The predicted octanol–water partition coefficient (Wildman–Crippen LogP) is 2.51. The highest BCUT2D eigenvalue weighted by Gasteiger charge is 2.17. The largest absolute Gasteiger partial charge is 0.542 e. The van der Waals surface area contributed by atoms with Gasteiger partial charge in [-0.3, -0.25) is 0 Å². The summed E-state index contributed by atoms with van der Waals surface area (Å²) >= 11 is 0. The van der Waals surface area contributed by atoms with Crippen LogP contribution in [-0.2, 0) is 9.16 Å². The molecule has 0 spiro atoms. The van der Waals surface area contributed by atoms with Crippen molar-refractivity contribution in [2.75, 3.05) is 7.11 Å². The Morgan fingerprint density at radius 3 is 1.82 bits per heavy atom. The van der Waals surface area contributed by atoms with Crippen molar-refractivity contribution < 1.29 is 9.16 Å². The molecule has 0 amide bonds. The van der Waals surface area contributed by atoms with E-state index in [0.29, 0.717) is 11.5 Å². The van der Waals surface area contributed by atoms with Gasteiger partial charge in [-0.2, -0.15) is 0 Å². The molecule has 0 fully saturated rings. The van der Waals surface area contributed by atoms with Crippen LogP contribution in [0.25, 0.3) is 0 Å². The summed E-state index contributed by atoms with van der Waals surface area (Å²) in [4.78, 5) is 0. The number of methoxy groups -OCH3 is 1. The van der Waals surface area contributed by atoms with Gasteiger partial charge in [0.25, 0.3) is 0 Å². The van der Waals surface area contributed by atoms with E-state index in [4.69, 9.17) is 9.16 Å². The molecule has 0 heterocycles. The minimum atomic E-state index is -1.54. The number of hydrogen-bond donors (Lipinski definition) is 0. The molecule has 0 saturated carbocycles. The Morgan fingerprint density at radius 1 is 1.09 bits per heavy atom. The fourth-order valence-corrected chi connectivity index (χ4v) is 1.39. The van der Waals surface area contributed by atoms with Crippen LogP contribution in [0.5, 0.6) is 0 Å². The molecule has 0 aromatic rings. The van der Waals surface area contributed by atoms with Crippen molar-refractivity contribution in [3.05, 3.63) is 24.7 Å². The van der Waals surface area contributed by atoms with Gasteiger partial charge in [-0.1, -0.05) is 13.2 Å². The predicted molar refractivity (Wildman–Crippen MR) is 49.7 cm³/mol. The third-order valence-electron chi connectivity index (χ3n) is 0.987. The van der Waals surface area contributed by atoms with Crippen molar-refractivity contribution in [2.24, 2.45) is 0 Å². The number of ether oxygens (including phenoxy) is 1. The van der Waals surface area contributed by atoms with Gasteiger partial charge in [-0.25, -0.2) is 0 Å². The summed E-state index contributed by atoms with van der Waals surface area (Å²) in [7, 11) is 0.0169. The first-order valence-corrected chi connectivity index (χ1v) is 6.89. The zero-order valence-electron chi connectivity index (χ0n) is 7.73. The molecule has 0 radical (unpaired) electrons. The van der Waals surface area contributed by atoms with Gasteiger partial charge in [0.15, 0.2) is 5.76 Å².